The molecule has 0 aliphatic heterocycles. The van der Waals surface area contributed by atoms with Crippen LogP contribution in [0.3, 0.4) is 0 Å². The quantitative estimate of drug-likeness (QED) is 0.198. The van der Waals surface area contributed by atoms with Crippen molar-refractivity contribution in [1.29, 1.82) is 0 Å². The molecular weight excluding hydrogens is 614 g/mol. The van der Waals surface area contributed by atoms with Gasteiger partial charge in [0.25, 0.3) is 10.0 Å². The van der Waals surface area contributed by atoms with Crippen molar-refractivity contribution in [1.82, 2.24) is 10.2 Å². The van der Waals surface area contributed by atoms with Gasteiger partial charge in [-0.05, 0) is 54.4 Å². The number of amides is 2. The summed E-state index contributed by atoms with van der Waals surface area (Å²) < 4.78 is 40.1. The Hall–Kier alpha value is -4.54. The van der Waals surface area contributed by atoms with Gasteiger partial charge in [-0.2, -0.15) is 0 Å². The molecule has 0 bridgehead atoms. The first-order valence-corrected chi connectivity index (χ1v) is 16.1. The molecule has 0 aliphatic rings. The van der Waals surface area contributed by atoms with Crippen LogP contribution in [-0.4, -0.2) is 58.5 Å². The lowest BCUT2D eigenvalue weighted by Gasteiger charge is -2.34. The zero-order chi connectivity index (χ0) is 32.4. The van der Waals surface area contributed by atoms with Crippen LogP contribution < -0.4 is 19.1 Å². The fraction of sp³-hybridized carbons (Fsp3) is 0.235. The fourth-order valence-corrected chi connectivity index (χ4v) is 6.55. The summed E-state index contributed by atoms with van der Waals surface area (Å²) in [6.07, 6.45) is 0.209. The summed E-state index contributed by atoms with van der Waals surface area (Å²) in [6, 6.07) is 27.8. The van der Waals surface area contributed by atoms with Crippen molar-refractivity contribution in [3.05, 3.63) is 119 Å². The number of anilines is 1. The number of hydrogen-bond acceptors (Lipinski definition) is 6. The molecule has 0 saturated carbocycles. The molecule has 0 radical (unpaired) electrons. The van der Waals surface area contributed by atoms with Crippen LogP contribution in [0.4, 0.5) is 5.69 Å². The third kappa shape index (κ3) is 8.34. The van der Waals surface area contributed by atoms with Gasteiger partial charge in [0.2, 0.25) is 11.8 Å². The molecule has 0 aromatic heterocycles. The van der Waals surface area contributed by atoms with Crippen LogP contribution >= 0.6 is 11.6 Å². The number of likely N-dealkylation sites (N-methyl/N-ethyl adjacent to an activating group) is 1. The number of rotatable bonds is 14. The molecule has 1 N–H and O–H groups in total. The highest BCUT2D eigenvalue weighted by atomic mass is 35.5. The summed E-state index contributed by atoms with van der Waals surface area (Å²) in [7, 11) is -1.34. The number of methoxy groups -OCH3 is 2. The molecule has 0 fully saturated rings. The largest absolute Gasteiger partial charge is 0.493 e. The molecule has 0 heterocycles. The van der Waals surface area contributed by atoms with Crippen molar-refractivity contribution < 1.29 is 27.5 Å². The number of hydrogen-bond donors (Lipinski definition) is 1. The van der Waals surface area contributed by atoms with Crippen molar-refractivity contribution in [3.63, 3.8) is 0 Å². The Balaban J connectivity index is 1.83. The Bertz CT molecular complexity index is 1700. The van der Waals surface area contributed by atoms with E-state index in [1.807, 2.05) is 30.3 Å². The van der Waals surface area contributed by atoms with Gasteiger partial charge in [0.1, 0.15) is 12.6 Å². The van der Waals surface area contributed by atoms with Crippen molar-refractivity contribution in [3.8, 4) is 11.5 Å². The molecule has 0 saturated heterocycles. The van der Waals surface area contributed by atoms with Crippen LogP contribution in [0.5, 0.6) is 11.5 Å². The van der Waals surface area contributed by atoms with E-state index >= 15 is 0 Å². The maximum Gasteiger partial charge on any atom is 0.264 e. The van der Waals surface area contributed by atoms with Crippen molar-refractivity contribution in [2.75, 3.05) is 31.6 Å². The lowest BCUT2D eigenvalue weighted by Crippen LogP contribution is -2.53. The van der Waals surface area contributed by atoms with E-state index in [0.717, 1.165) is 9.87 Å². The Labute approximate surface area is 269 Å². The number of nitrogens with one attached hydrogen (secondary N) is 1. The van der Waals surface area contributed by atoms with Gasteiger partial charge in [0.05, 0.1) is 24.8 Å². The number of carbonyl (C=O) groups is 2. The van der Waals surface area contributed by atoms with E-state index in [1.165, 1.54) is 37.3 Å². The summed E-state index contributed by atoms with van der Waals surface area (Å²) in [5, 5.41) is 3.31. The van der Waals surface area contributed by atoms with Crippen LogP contribution in [0, 0.1) is 0 Å². The lowest BCUT2D eigenvalue weighted by atomic mass is 10.0. The second-order valence-electron chi connectivity index (χ2n) is 10.1. The molecule has 0 aliphatic carbocycles. The maximum absolute atomic E-state index is 14.5. The normalized spacial score (nSPS) is 11.7. The van der Waals surface area contributed by atoms with Gasteiger partial charge >= 0.3 is 0 Å². The van der Waals surface area contributed by atoms with Gasteiger partial charge in [-0.1, -0.05) is 72.3 Å². The van der Waals surface area contributed by atoms with Crippen molar-refractivity contribution in [2.24, 2.45) is 0 Å². The lowest BCUT2D eigenvalue weighted by molar-refractivity contribution is -0.140. The highest BCUT2D eigenvalue weighted by molar-refractivity contribution is 7.92. The van der Waals surface area contributed by atoms with E-state index in [4.69, 9.17) is 21.1 Å². The first-order valence-electron chi connectivity index (χ1n) is 14.3. The molecular formula is C34H36ClN3O6S. The number of sulfonamides is 1. The standard InChI is InChI=1S/C34H36ClN3O6S/c1-4-36-34(40)30(21-25-12-7-5-8-13-25)37(23-26-14-11-15-27(35)20-26)33(39)24-38(45(41,42)29-16-9-6-10-17-29)28-18-19-31(43-2)32(22-28)44-3/h5-20,22,30H,4,21,23-24H2,1-3H3,(H,36,40). The predicted octanol–water partition coefficient (Wildman–Crippen LogP) is 5.33. The Morgan fingerprint density at radius 3 is 2.09 bits per heavy atom. The van der Waals surface area contributed by atoms with Crippen molar-refractivity contribution >= 4 is 39.1 Å². The first-order chi connectivity index (χ1) is 21.7. The SMILES string of the molecule is CCNC(=O)C(Cc1ccccc1)N(Cc1cccc(Cl)c1)C(=O)CN(c1ccc(OC)c(OC)c1)S(=O)(=O)c1ccccc1. The predicted molar refractivity (Wildman–Crippen MR) is 175 cm³/mol. The topological polar surface area (TPSA) is 105 Å². The second-order valence-corrected chi connectivity index (χ2v) is 12.4. The van der Waals surface area contributed by atoms with Crippen LogP contribution in [0.1, 0.15) is 18.1 Å². The summed E-state index contributed by atoms with van der Waals surface area (Å²) in [5.41, 5.74) is 1.71. The van der Waals surface area contributed by atoms with E-state index in [-0.39, 0.29) is 35.2 Å². The number of carbonyl (C=O) groups excluding carboxylic acids is 2. The fourth-order valence-electron chi connectivity index (χ4n) is 4.91. The van der Waals surface area contributed by atoms with Gasteiger partial charge in [-0.3, -0.25) is 13.9 Å². The van der Waals surface area contributed by atoms with Crippen LogP contribution in [0.15, 0.2) is 108 Å². The molecule has 2 amide bonds. The molecule has 4 aromatic rings. The zero-order valence-electron chi connectivity index (χ0n) is 25.4. The Morgan fingerprint density at radius 1 is 0.822 bits per heavy atom. The molecule has 0 spiro atoms. The third-order valence-corrected chi connectivity index (χ3v) is 9.15. The molecule has 1 unspecified atom stereocenters. The zero-order valence-corrected chi connectivity index (χ0v) is 26.9. The first kappa shape index (κ1) is 33.4. The maximum atomic E-state index is 14.5. The summed E-state index contributed by atoms with van der Waals surface area (Å²) >= 11 is 6.28. The highest BCUT2D eigenvalue weighted by Gasteiger charge is 2.34. The van der Waals surface area contributed by atoms with E-state index < -0.39 is 28.5 Å². The molecule has 9 nitrogen and oxygen atoms in total. The smallest absolute Gasteiger partial charge is 0.264 e. The van der Waals surface area contributed by atoms with E-state index in [0.29, 0.717) is 22.9 Å². The molecule has 236 valence electrons. The molecule has 1 atom stereocenters. The number of halogens is 1. The molecule has 45 heavy (non-hydrogen) atoms. The van der Waals surface area contributed by atoms with Gasteiger partial charge in [0.15, 0.2) is 11.5 Å². The minimum absolute atomic E-state index is 0.00135. The van der Waals surface area contributed by atoms with Crippen LogP contribution in [-0.2, 0) is 32.6 Å². The number of benzene rings is 4. The minimum atomic E-state index is -4.25. The number of nitrogens with zero attached hydrogens (tertiary/aromatic N) is 2. The molecule has 4 aromatic carbocycles. The summed E-state index contributed by atoms with van der Waals surface area (Å²) in [4.78, 5) is 29.5. The second kappa shape index (κ2) is 15.5. The van der Waals surface area contributed by atoms with Gasteiger partial charge in [-0.25, -0.2) is 8.42 Å². The minimum Gasteiger partial charge on any atom is -0.493 e. The average molecular weight is 650 g/mol. The summed E-state index contributed by atoms with van der Waals surface area (Å²) in [5.74, 6) is -0.265. The van der Waals surface area contributed by atoms with E-state index in [2.05, 4.69) is 5.32 Å². The monoisotopic (exact) mass is 649 g/mol. The number of ether oxygens (including phenoxy) is 2. The third-order valence-electron chi connectivity index (χ3n) is 7.13. The van der Waals surface area contributed by atoms with Crippen molar-refractivity contribution in [2.45, 2.75) is 30.8 Å². The Kier molecular flexibility index (Phi) is 11.5. The molecule has 11 heteroatoms. The molecule has 4 rings (SSSR count). The van der Waals surface area contributed by atoms with Crippen LogP contribution in [0.25, 0.3) is 0 Å². The highest BCUT2D eigenvalue weighted by Crippen LogP contribution is 2.34. The van der Waals surface area contributed by atoms with Crippen LogP contribution in [0.2, 0.25) is 5.02 Å². The summed E-state index contributed by atoms with van der Waals surface area (Å²) in [6.45, 7) is 1.56. The van der Waals surface area contributed by atoms with E-state index in [1.54, 1.807) is 61.5 Å². The Morgan fingerprint density at radius 2 is 1.47 bits per heavy atom. The van der Waals surface area contributed by atoms with Gasteiger partial charge in [-0.15, -0.1) is 0 Å². The van der Waals surface area contributed by atoms with E-state index in [9.17, 15) is 18.0 Å². The van der Waals surface area contributed by atoms with Gasteiger partial charge in [0, 0.05) is 30.6 Å². The average Bonchev–Trinajstić information content (AvgIpc) is 3.05. The van der Waals surface area contributed by atoms with Gasteiger partial charge < -0.3 is 19.7 Å².